The molecule has 0 radical (unpaired) electrons. The molecular weight excluding hydrogens is 735 g/mol. The molecule has 0 heterocycles. The molecule has 12 rings (SSSR count). The van der Waals surface area contributed by atoms with Crippen molar-refractivity contribution in [3.63, 3.8) is 0 Å². The third-order valence-electron chi connectivity index (χ3n) is 14.0. The van der Waals surface area contributed by atoms with Crippen LogP contribution in [0, 0.1) is 0 Å². The van der Waals surface area contributed by atoms with E-state index in [1.807, 2.05) is 0 Å². The first-order valence-electron chi connectivity index (χ1n) is 21.6. The highest BCUT2D eigenvalue weighted by Crippen LogP contribution is 2.54. The highest BCUT2D eigenvalue weighted by atomic mass is 15.1. The van der Waals surface area contributed by atoms with Crippen LogP contribution in [-0.4, -0.2) is 0 Å². The fraction of sp³-hybridized carbons (Fsp3) is 0.100. The molecule has 61 heavy (non-hydrogen) atoms. The molecule has 0 aromatic heterocycles. The van der Waals surface area contributed by atoms with Crippen LogP contribution in [-0.2, 0) is 10.8 Å². The molecule has 0 unspecified atom stereocenters. The minimum atomic E-state index is -0.219. The van der Waals surface area contributed by atoms with Crippen molar-refractivity contribution in [3.05, 3.63) is 222 Å². The summed E-state index contributed by atoms with van der Waals surface area (Å²) in [6.07, 6.45) is 0. The smallest absolute Gasteiger partial charge is 0.0465 e. The number of nitrogens with zero attached hydrogens (tertiary/aromatic N) is 1. The Kier molecular flexibility index (Phi) is 7.69. The number of anilines is 3. The summed E-state index contributed by atoms with van der Waals surface area (Å²) in [6.45, 7) is 9.57. The molecule has 0 atom stereocenters. The summed E-state index contributed by atoms with van der Waals surface area (Å²) in [4.78, 5) is 2.37. The Labute approximate surface area is 358 Å². The minimum Gasteiger partial charge on any atom is -0.310 e. The maximum Gasteiger partial charge on any atom is 0.0465 e. The van der Waals surface area contributed by atoms with Gasteiger partial charge in [0.05, 0.1) is 0 Å². The van der Waals surface area contributed by atoms with Gasteiger partial charge in [-0.3, -0.25) is 0 Å². The average Bonchev–Trinajstić information content (AvgIpc) is 3.66. The quantitative estimate of drug-likeness (QED) is 0.157. The molecule has 0 saturated heterocycles. The van der Waals surface area contributed by atoms with Crippen LogP contribution < -0.4 is 4.90 Å². The van der Waals surface area contributed by atoms with Gasteiger partial charge in [-0.15, -0.1) is 0 Å². The van der Waals surface area contributed by atoms with Crippen molar-refractivity contribution in [2.24, 2.45) is 0 Å². The summed E-state index contributed by atoms with van der Waals surface area (Å²) < 4.78 is 0. The molecule has 0 N–H and O–H groups in total. The van der Waals surface area contributed by atoms with Crippen LogP contribution in [0.2, 0.25) is 0 Å². The van der Waals surface area contributed by atoms with Crippen molar-refractivity contribution in [2.75, 3.05) is 4.90 Å². The zero-order valence-electron chi connectivity index (χ0n) is 35.0. The summed E-state index contributed by atoms with van der Waals surface area (Å²) >= 11 is 0. The molecule has 1 heteroatoms. The average molecular weight is 780 g/mol. The molecule has 290 valence electrons. The van der Waals surface area contributed by atoms with Gasteiger partial charge in [0.2, 0.25) is 0 Å². The number of hydrogen-bond acceptors (Lipinski definition) is 1. The first-order chi connectivity index (χ1) is 29.8. The van der Waals surface area contributed by atoms with Crippen molar-refractivity contribution >= 4 is 49.4 Å². The summed E-state index contributed by atoms with van der Waals surface area (Å²) in [6, 6.07) is 74.8. The van der Waals surface area contributed by atoms with E-state index in [2.05, 4.69) is 233 Å². The van der Waals surface area contributed by atoms with Crippen LogP contribution in [0.15, 0.2) is 200 Å². The van der Waals surface area contributed by atoms with Gasteiger partial charge in [0.25, 0.3) is 0 Å². The maximum absolute atomic E-state index is 2.51. The highest BCUT2D eigenvalue weighted by molar-refractivity contribution is 6.23. The first kappa shape index (κ1) is 35.7. The number of para-hydroxylation sites is 2. The van der Waals surface area contributed by atoms with E-state index < -0.39 is 0 Å². The SMILES string of the molecule is CC1(C)c2ccccc2-c2ccc(-c3c4ccccc4c(-c4ccc5c(c4)C(C)(C)c4cc(N(c6ccccc6)c6ccccc6)ccc4-5)c4cc5ccccc5cc34)cc21. The standard InChI is InChI=1S/C60H45N/c1-59(2)53-26-16-15-23-45(53)46-30-27-40(35-54(46)59)57-49-24-13-14-25-50(49)58(52-34-39-18-12-11-17-38(39)33-51(52)57)41-28-31-47-48-32-29-44(37-56(48)60(3,4)55(47)36-41)61(42-19-7-5-8-20-42)43-21-9-6-10-22-43/h5-37H,1-4H3. The lowest BCUT2D eigenvalue weighted by Gasteiger charge is -2.28. The fourth-order valence-electron chi connectivity index (χ4n) is 11.0. The van der Waals surface area contributed by atoms with Crippen molar-refractivity contribution < 1.29 is 0 Å². The van der Waals surface area contributed by atoms with Crippen LogP contribution in [0.1, 0.15) is 49.9 Å². The van der Waals surface area contributed by atoms with Crippen LogP contribution >= 0.6 is 0 Å². The number of benzene rings is 10. The summed E-state index contributed by atoms with van der Waals surface area (Å²) in [5, 5.41) is 7.64. The van der Waals surface area contributed by atoms with Crippen molar-refractivity contribution in [1.82, 2.24) is 0 Å². The monoisotopic (exact) mass is 779 g/mol. The molecule has 2 aliphatic rings. The van der Waals surface area contributed by atoms with Crippen molar-refractivity contribution in [1.29, 1.82) is 0 Å². The zero-order valence-corrected chi connectivity index (χ0v) is 35.0. The van der Waals surface area contributed by atoms with E-state index in [1.165, 1.54) is 99.1 Å². The van der Waals surface area contributed by atoms with E-state index in [9.17, 15) is 0 Å². The largest absolute Gasteiger partial charge is 0.310 e. The third-order valence-corrected chi connectivity index (χ3v) is 14.0. The van der Waals surface area contributed by atoms with Crippen molar-refractivity contribution in [2.45, 2.75) is 38.5 Å². The topological polar surface area (TPSA) is 3.24 Å². The third kappa shape index (κ3) is 5.26. The molecule has 10 aromatic rings. The molecule has 0 aliphatic heterocycles. The predicted octanol–water partition coefficient (Wildman–Crippen LogP) is 16.6. The number of rotatable bonds is 5. The Balaban J connectivity index is 1.05. The second-order valence-corrected chi connectivity index (χ2v) is 18.1. The number of hydrogen-bond donors (Lipinski definition) is 0. The normalized spacial score (nSPS) is 14.2. The first-order valence-corrected chi connectivity index (χ1v) is 21.6. The molecule has 10 aromatic carbocycles. The lowest BCUT2D eigenvalue weighted by molar-refractivity contribution is 0.660. The van der Waals surface area contributed by atoms with E-state index in [0.717, 1.165) is 17.1 Å². The molecule has 1 nitrogen and oxygen atoms in total. The van der Waals surface area contributed by atoms with Gasteiger partial charge < -0.3 is 4.90 Å². The van der Waals surface area contributed by atoms with Gasteiger partial charge in [-0.2, -0.15) is 0 Å². The lowest BCUT2D eigenvalue weighted by atomic mass is 9.79. The Morgan fingerprint density at radius 1 is 0.295 bits per heavy atom. The molecule has 0 bridgehead atoms. The molecule has 0 fully saturated rings. The van der Waals surface area contributed by atoms with Crippen LogP contribution in [0.3, 0.4) is 0 Å². The molecule has 0 saturated carbocycles. The minimum absolute atomic E-state index is 0.0862. The fourth-order valence-corrected chi connectivity index (χ4v) is 11.0. The second-order valence-electron chi connectivity index (χ2n) is 18.1. The van der Waals surface area contributed by atoms with Gasteiger partial charge in [0.15, 0.2) is 0 Å². The van der Waals surface area contributed by atoms with Gasteiger partial charge in [-0.1, -0.05) is 167 Å². The van der Waals surface area contributed by atoms with E-state index in [4.69, 9.17) is 0 Å². The van der Waals surface area contributed by atoms with Crippen LogP contribution in [0.25, 0.3) is 76.8 Å². The Morgan fingerprint density at radius 2 is 0.705 bits per heavy atom. The van der Waals surface area contributed by atoms with E-state index in [1.54, 1.807) is 0 Å². The van der Waals surface area contributed by atoms with Crippen LogP contribution in [0.4, 0.5) is 17.1 Å². The molecule has 0 spiro atoms. The van der Waals surface area contributed by atoms with Crippen molar-refractivity contribution in [3.8, 4) is 44.5 Å². The maximum atomic E-state index is 2.51. The summed E-state index contributed by atoms with van der Waals surface area (Å²) in [5.74, 6) is 0. The molecular formula is C60H45N. The van der Waals surface area contributed by atoms with Gasteiger partial charge in [0, 0.05) is 27.9 Å². The zero-order chi connectivity index (χ0) is 41.0. The summed E-state index contributed by atoms with van der Waals surface area (Å²) in [7, 11) is 0. The Hall–Kier alpha value is -7.22. The van der Waals surface area contributed by atoms with Crippen LogP contribution in [0.5, 0.6) is 0 Å². The lowest BCUT2D eigenvalue weighted by Crippen LogP contribution is -2.16. The molecule has 2 aliphatic carbocycles. The van der Waals surface area contributed by atoms with Gasteiger partial charge in [0.1, 0.15) is 0 Å². The van der Waals surface area contributed by atoms with E-state index >= 15 is 0 Å². The Morgan fingerprint density at radius 3 is 1.25 bits per heavy atom. The van der Waals surface area contributed by atoms with Gasteiger partial charge in [-0.05, 0) is 160 Å². The van der Waals surface area contributed by atoms with E-state index in [0.29, 0.717) is 0 Å². The van der Waals surface area contributed by atoms with Gasteiger partial charge in [-0.25, -0.2) is 0 Å². The molecule has 0 amide bonds. The summed E-state index contributed by atoms with van der Waals surface area (Å²) in [5.41, 5.74) is 19.1. The number of fused-ring (bicyclic) bond motifs is 9. The van der Waals surface area contributed by atoms with Gasteiger partial charge >= 0.3 is 0 Å². The van der Waals surface area contributed by atoms with E-state index in [-0.39, 0.29) is 10.8 Å². The predicted molar refractivity (Wildman–Crippen MR) is 260 cm³/mol. The highest BCUT2D eigenvalue weighted by Gasteiger charge is 2.38. The Bertz CT molecular complexity index is 3370. The second kappa shape index (κ2) is 13.1.